The van der Waals surface area contributed by atoms with Gasteiger partial charge in [0, 0.05) is 15.9 Å². The van der Waals surface area contributed by atoms with Crippen LogP contribution in [0.3, 0.4) is 0 Å². The van der Waals surface area contributed by atoms with Crippen LogP contribution < -0.4 is 4.74 Å². The summed E-state index contributed by atoms with van der Waals surface area (Å²) >= 11 is 15.3. The van der Waals surface area contributed by atoms with E-state index in [1.807, 2.05) is 0 Å². The molecule has 2 aromatic rings. The lowest BCUT2D eigenvalue weighted by molar-refractivity contribution is 0.397. The van der Waals surface area contributed by atoms with Crippen LogP contribution in [0.4, 0.5) is 4.39 Å². The van der Waals surface area contributed by atoms with Crippen LogP contribution >= 0.6 is 39.1 Å². The quantitative estimate of drug-likeness (QED) is 0.751. The fourth-order valence-electron chi connectivity index (χ4n) is 1.56. The first kappa shape index (κ1) is 14.5. The van der Waals surface area contributed by atoms with Gasteiger partial charge >= 0.3 is 0 Å². The van der Waals surface area contributed by atoms with E-state index in [4.69, 9.17) is 27.9 Å². The number of alkyl halides is 1. The lowest BCUT2D eigenvalue weighted by atomic mass is 10.1. The summed E-state index contributed by atoms with van der Waals surface area (Å²) in [6.07, 6.45) is 1.27. The highest BCUT2D eigenvalue weighted by Crippen LogP contribution is 2.35. The minimum atomic E-state index is -0.502. The van der Waals surface area contributed by atoms with Crippen LogP contribution in [-0.4, -0.2) is 17.1 Å². The first-order valence-corrected chi connectivity index (χ1v) is 7.05. The molecule has 0 spiro atoms. The molecule has 100 valence electrons. The summed E-state index contributed by atoms with van der Waals surface area (Å²) in [5.41, 5.74) is 1.26. The van der Waals surface area contributed by atoms with Gasteiger partial charge in [-0.2, -0.15) is 0 Å². The van der Waals surface area contributed by atoms with Gasteiger partial charge in [0.05, 0.1) is 12.8 Å². The Morgan fingerprint density at radius 1 is 1.32 bits per heavy atom. The predicted molar refractivity (Wildman–Crippen MR) is 76.6 cm³/mol. The maximum Gasteiger partial charge on any atom is 0.236 e. The Morgan fingerprint density at radius 3 is 2.68 bits per heavy atom. The normalized spacial score (nSPS) is 10.6. The fourth-order valence-corrected chi connectivity index (χ4v) is 2.68. The van der Waals surface area contributed by atoms with Crippen LogP contribution in [0, 0.1) is 5.82 Å². The molecule has 7 heteroatoms. The van der Waals surface area contributed by atoms with Gasteiger partial charge in [-0.1, -0.05) is 39.1 Å². The van der Waals surface area contributed by atoms with E-state index in [1.54, 1.807) is 6.07 Å². The maximum absolute atomic E-state index is 14.0. The van der Waals surface area contributed by atoms with E-state index < -0.39 is 5.82 Å². The number of halogens is 4. The standard InChI is InChI=1S/C12H8BrCl2FN2O/c1-19-12-10(15)11(17-5-18-12)7-2-6(4-13)8(14)3-9(7)16/h2-3,5H,4H2,1H3. The molecule has 0 amide bonds. The van der Waals surface area contributed by atoms with Crippen molar-refractivity contribution < 1.29 is 9.13 Å². The summed E-state index contributed by atoms with van der Waals surface area (Å²) in [6.45, 7) is 0. The molecule has 0 fully saturated rings. The number of benzene rings is 1. The first-order valence-electron chi connectivity index (χ1n) is 5.17. The molecule has 0 bridgehead atoms. The van der Waals surface area contributed by atoms with Gasteiger partial charge in [0.15, 0.2) is 0 Å². The van der Waals surface area contributed by atoms with Gasteiger partial charge in [-0.05, 0) is 17.7 Å². The first-order chi connectivity index (χ1) is 9.08. The molecule has 19 heavy (non-hydrogen) atoms. The second-order valence-corrected chi connectivity index (χ2v) is 4.95. The van der Waals surface area contributed by atoms with Gasteiger partial charge in [0.2, 0.25) is 5.88 Å². The third kappa shape index (κ3) is 2.83. The molecule has 0 radical (unpaired) electrons. The van der Waals surface area contributed by atoms with Gasteiger partial charge in [-0.15, -0.1) is 0 Å². The molecule has 0 atom stereocenters. The van der Waals surface area contributed by atoms with E-state index in [9.17, 15) is 4.39 Å². The zero-order chi connectivity index (χ0) is 14.0. The Balaban J connectivity index is 2.65. The van der Waals surface area contributed by atoms with Crippen molar-refractivity contribution in [1.82, 2.24) is 9.97 Å². The van der Waals surface area contributed by atoms with Gasteiger partial charge in [-0.25, -0.2) is 14.4 Å². The van der Waals surface area contributed by atoms with E-state index in [0.717, 1.165) is 5.56 Å². The molecule has 0 aliphatic carbocycles. The third-order valence-corrected chi connectivity index (χ3v) is 3.78. The molecule has 0 saturated heterocycles. The minimum Gasteiger partial charge on any atom is -0.480 e. The minimum absolute atomic E-state index is 0.159. The smallest absolute Gasteiger partial charge is 0.236 e. The van der Waals surface area contributed by atoms with Gasteiger partial charge < -0.3 is 4.74 Å². The second kappa shape index (κ2) is 6.03. The van der Waals surface area contributed by atoms with Crippen molar-refractivity contribution in [1.29, 1.82) is 0 Å². The van der Waals surface area contributed by atoms with Crippen molar-refractivity contribution in [3.8, 4) is 17.1 Å². The number of hydrogen-bond donors (Lipinski definition) is 0. The summed E-state index contributed by atoms with van der Waals surface area (Å²) in [4.78, 5) is 7.85. The zero-order valence-electron chi connectivity index (χ0n) is 9.75. The van der Waals surface area contributed by atoms with Crippen molar-refractivity contribution >= 4 is 39.1 Å². The largest absolute Gasteiger partial charge is 0.480 e. The van der Waals surface area contributed by atoms with Crippen LogP contribution in [0.25, 0.3) is 11.3 Å². The Bertz CT molecular complexity index is 625. The van der Waals surface area contributed by atoms with Gasteiger partial charge in [0.1, 0.15) is 17.2 Å². The molecule has 0 aliphatic heterocycles. The predicted octanol–water partition coefficient (Wildman–Crippen LogP) is 4.49. The van der Waals surface area contributed by atoms with Crippen LogP contribution in [0.5, 0.6) is 5.88 Å². The Kier molecular flexibility index (Phi) is 4.60. The fraction of sp³-hybridized carbons (Fsp3) is 0.167. The SMILES string of the molecule is COc1ncnc(-c2cc(CBr)c(Cl)cc2F)c1Cl. The van der Waals surface area contributed by atoms with Gasteiger partial charge in [-0.3, -0.25) is 0 Å². The summed E-state index contributed by atoms with van der Waals surface area (Å²) in [5, 5.41) is 1.00. The number of nitrogens with zero attached hydrogens (tertiary/aromatic N) is 2. The number of rotatable bonds is 3. The van der Waals surface area contributed by atoms with E-state index in [1.165, 1.54) is 19.5 Å². The van der Waals surface area contributed by atoms with Crippen LogP contribution in [-0.2, 0) is 5.33 Å². The van der Waals surface area contributed by atoms with Crippen molar-refractivity contribution in [3.05, 3.63) is 39.9 Å². The van der Waals surface area contributed by atoms with Crippen LogP contribution in [0.2, 0.25) is 10.0 Å². The summed E-state index contributed by atoms with van der Waals surface area (Å²) in [6, 6.07) is 2.83. The lowest BCUT2D eigenvalue weighted by Gasteiger charge is -2.10. The van der Waals surface area contributed by atoms with E-state index in [2.05, 4.69) is 25.9 Å². The van der Waals surface area contributed by atoms with Crippen molar-refractivity contribution in [2.45, 2.75) is 5.33 Å². The second-order valence-electron chi connectivity index (χ2n) is 3.60. The highest BCUT2D eigenvalue weighted by Gasteiger charge is 2.17. The molecule has 1 heterocycles. The Hall–Kier alpha value is -0.910. The zero-order valence-corrected chi connectivity index (χ0v) is 12.9. The van der Waals surface area contributed by atoms with E-state index in [-0.39, 0.29) is 22.2 Å². The van der Waals surface area contributed by atoms with Crippen molar-refractivity contribution in [2.24, 2.45) is 0 Å². The van der Waals surface area contributed by atoms with Crippen molar-refractivity contribution in [3.63, 3.8) is 0 Å². The number of hydrogen-bond acceptors (Lipinski definition) is 3. The van der Waals surface area contributed by atoms with Crippen molar-refractivity contribution in [2.75, 3.05) is 7.11 Å². The number of ether oxygens (including phenoxy) is 1. The molecule has 0 saturated carbocycles. The van der Waals surface area contributed by atoms with E-state index >= 15 is 0 Å². The molecule has 0 aliphatic rings. The average Bonchev–Trinajstić information content (AvgIpc) is 2.40. The average molecular weight is 366 g/mol. The Labute approximate surface area is 127 Å². The molecular formula is C12H8BrCl2FN2O. The van der Waals surface area contributed by atoms with Crippen LogP contribution in [0.1, 0.15) is 5.56 Å². The third-order valence-electron chi connectivity index (χ3n) is 2.49. The van der Waals surface area contributed by atoms with E-state index in [0.29, 0.717) is 10.4 Å². The molecule has 2 rings (SSSR count). The molecular weight excluding hydrogens is 358 g/mol. The summed E-state index contributed by atoms with van der Waals surface area (Å²) < 4.78 is 19.0. The van der Waals surface area contributed by atoms with Crippen LogP contribution in [0.15, 0.2) is 18.5 Å². The Morgan fingerprint density at radius 2 is 2.05 bits per heavy atom. The maximum atomic E-state index is 14.0. The summed E-state index contributed by atoms with van der Waals surface area (Å²) in [5.74, 6) is -0.307. The molecule has 0 unspecified atom stereocenters. The highest BCUT2D eigenvalue weighted by molar-refractivity contribution is 9.08. The van der Waals surface area contributed by atoms with Gasteiger partial charge in [0.25, 0.3) is 0 Å². The topological polar surface area (TPSA) is 35.0 Å². The summed E-state index contributed by atoms with van der Waals surface area (Å²) in [7, 11) is 1.43. The monoisotopic (exact) mass is 364 g/mol. The molecule has 1 aromatic heterocycles. The number of methoxy groups -OCH3 is 1. The highest BCUT2D eigenvalue weighted by atomic mass is 79.9. The lowest BCUT2D eigenvalue weighted by Crippen LogP contribution is -1.96. The number of aromatic nitrogens is 2. The molecule has 3 nitrogen and oxygen atoms in total. The molecule has 1 aromatic carbocycles. The molecule has 0 N–H and O–H groups in total.